The Bertz CT molecular complexity index is 1000. The van der Waals surface area contributed by atoms with Gasteiger partial charge in [0.25, 0.3) is 0 Å². The number of nitriles is 1. The van der Waals surface area contributed by atoms with Gasteiger partial charge < -0.3 is 9.64 Å². The van der Waals surface area contributed by atoms with E-state index in [1.165, 1.54) is 0 Å². The van der Waals surface area contributed by atoms with Crippen molar-refractivity contribution in [2.45, 2.75) is 17.8 Å². The Morgan fingerprint density at radius 3 is 2.61 bits per heavy atom. The summed E-state index contributed by atoms with van der Waals surface area (Å²) in [7, 11) is 0. The quantitative estimate of drug-likeness (QED) is 0.620. The van der Waals surface area contributed by atoms with Gasteiger partial charge in [-0.2, -0.15) is 5.26 Å². The fraction of sp³-hybridized carbons (Fsp3) is 0.286. The Morgan fingerprint density at radius 1 is 1.07 bits per heavy atom. The summed E-state index contributed by atoms with van der Waals surface area (Å²) in [5.41, 5.74) is 3.94. The second-order valence-corrected chi connectivity index (χ2v) is 7.50. The average molecular weight is 392 g/mol. The van der Waals surface area contributed by atoms with Crippen LogP contribution in [0.15, 0.2) is 53.7 Å². The molecular formula is C21H21N5OS. The number of aromatic nitrogens is 3. The highest BCUT2D eigenvalue weighted by molar-refractivity contribution is 7.98. The lowest BCUT2D eigenvalue weighted by molar-refractivity contribution is 0.122. The third kappa shape index (κ3) is 3.75. The smallest absolute Gasteiger partial charge is 0.232 e. The van der Waals surface area contributed by atoms with Gasteiger partial charge in [0.2, 0.25) is 5.95 Å². The van der Waals surface area contributed by atoms with Crippen LogP contribution in [0.25, 0.3) is 5.69 Å². The second-order valence-electron chi connectivity index (χ2n) is 6.56. The van der Waals surface area contributed by atoms with Crippen molar-refractivity contribution in [2.75, 3.05) is 31.2 Å². The highest BCUT2D eigenvalue weighted by Crippen LogP contribution is 2.31. The van der Waals surface area contributed by atoms with Crippen molar-refractivity contribution in [1.29, 1.82) is 5.26 Å². The molecule has 1 aliphatic heterocycles. The van der Waals surface area contributed by atoms with Crippen molar-refractivity contribution in [1.82, 2.24) is 14.8 Å². The van der Waals surface area contributed by atoms with Crippen molar-refractivity contribution in [3.8, 4) is 11.8 Å². The standard InChI is InChI=1S/C21H21N5OS/c1-16-6-2-5-9-19(16)26-20(25-10-12-27-13-11-25)23-24-21(26)28-15-18-8-4-3-7-17(18)14-22/h2-9H,10-13,15H2,1H3. The van der Waals surface area contributed by atoms with Crippen LogP contribution in [-0.4, -0.2) is 41.1 Å². The fourth-order valence-electron chi connectivity index (χ4n) is 3.25. The zero-order valence-electron chi connectivity index (χ0n) is 15.7. The molecule has 3 aromatic rings. The zero-order chi connectivity index (χ0) is 19.3. The summed E-state index contributed by atoms with van der Waals surface area (Å²) >= 11 is 1.60. The molecule has 142 valence electrons. The van der Waals surface area contributed by atoms with Gasteiger partial charge in [-0.05, 0) is 30.2 Å². The molecule has 0 bridgehead atoms. The molecule has 0 spiro atoms. The van der Waals surface area contributed by atoms with Crippen LogP contribution in [0, 0.1) is 18.3 Å². The number of rotatable bonds is 5. The largest absolute Gasteiger partial charge is 0.378 e. The molecule has 2 heterocycles. The van der Waals surface area contributed by atoms with Crippen LogP contribution in [0.4, 0.5) is 5.95 Å². The predicted octanol–water partition coefficient (Wildman–Crippen LogP) is 3.58. The Morgan fingerprint density at radius 2 is 1.82 bits per heavy atom. The van der Waals surface area contributed by atoms with Crippen molar-refractivity contribution in [3.63, 3.8) is 0 Å². The Kier molecular flexibility index (Phi) is 5.60. The van der Waals surface area contributed by atoms with Crippen LogP contribution in [0.2, 0.25) is 0 Å². The van der Waals surface area contributed by atoms with Crippen LogP contribution in [-0.2, 0) is 10.5 Å². The topological polar surface area (TPSA) is 67.0 Å². The summed E-state index contributed by atoms with van der Waals surface area (Å²) in [4.78, 5) is 2.22. The van der Waals surface area contributed by atoms with E-state index in [0.717, 1.165) is 41.0 Å². The zero-order valence-corrected chi connectivity index (χ0v) is 16.5. The summed E-state index contributed by atoms with van der Waals surface area (Å²) in [6.07, 6.45) is 0. The van der Waals surface area contributed by atoms with Crippen molar-refractivity contribution < 1.29 is 4.74 Å². The summed E-state index contributed by atoms with van der Waals surface area (Å²) in [5, 5.41) is 19.2. The summed E-state index contributed by atoms with van der Waals surface area (Å²) in [6, 6.07) is 18.2. The maximum Gasteiger partial charge on any atom is 0.232 e. The molecule has 0 unspecified atom stereocenters. The molecule has 0 amide bonds. The van der Waals surface area contributed by atoms with E-state index in [2.05, 4.69) is 44.8 Å². The van der Waals surface area contributed by atoms with E-state index < -0.39 is 0 Å². The van der Waals surface area contributed by atoms with Gasteiger partial charge in [0.15, 0.2) is 5.16 Å². The van der Waals surface area contributed by atoms with Crippen LogP contribution >= 0.6 is 11.8 Å². The van der Waals surface area contributed by atoms with Gasteiger partial charge in [-0.15, -0.1) is 10.2 Å². The molecule has 6 nitrogen and oxygen atoms in total. The minimum Gasteiger partial charge on any atom is -0.378 e. The average Bonchev–Trinajstić information content (AvgIpc) is 3.17. The first-order valence-corrected chi connectivity index (χ1v) is 10.2. The lowest BCUT2D eigenvalue weighted by Crippen LogP contribution is -2.38. The fourth-order valence-corrected chi connectivity index (χ4v) is 4.19. The van der Waals surface area contributed by atoms with Crippen LogP contribution in [0.1, 0.15) is 16.7 Å². The monoisotopic (exact) mass is 391 g/mol. The molecule has 1 fully saturated rings. The first-order valence-electron chi connectivity index (χ1n) is 9.23. The van der Waals surface area contributed by atoms with Crippen LogP contribution in [0.3, 0.4) is 0 Å². The molecule has 1 aliphatic rings. The number of para-hydroxylation sites is 1. The molecular weight excluding hydrogens is 370 g/mol. The van der Waals surface area contributed by atoms with Crippen molar-refractivity contribution in [2.24, 2.45) is 0 Å². The van der Waals surface area contributed by atoms with Crippen LogP contribution in [0.5, 0.6) is 0 Å². The SMILES string of the molecule is Cc1ccccc1-n1c(SCc2ccccc2C#N)nnc1N1CCOCC1. The lowest BCUT2D eigenvalue weighted by Gasteiger charge is -2.28. The molecule has 0 radical (unpaired) electrons. The number of nitrogens with zero attached hydrogens (tertiary/aromatic N) is 5. The number of anilines is 1. The summed E-state index contributed by atoms with van der Waals surface area (Å²) < 4.78 is 7.62. The molecule has 2 aromatic carbocycles. The maximum absolute atomic E-state index is 9.35. The number of ether oxygens (including phenoxy) is 1. The van der Waals surface area contributed by atoms with Gasteiger partial charge in [0, 0.05) is 18.8 Å². The molecule has 7 heteroatoms. The van der Waals surface area contributed by atoms with E-state index in [1.54, 1.807) is 11.8 Å². The number of hydrogen-bond donors (Lipinski definition) is 0. The third-order valence-electron chi connectivity index (χ3n) is 4.76. The minimum absolute atomic E-state index is 0.664. The Labute approximate surface area is 168 Å². The number of morpholine rings is 1. The van der Waals surface area contributed by atoms with E-state index in [0.29, 0.717) is 24.5 Å². The minimum atomic E-state index is 0.664. The van der Waals surface area contributed by atoms with E-state index in [4.69, 9.17) is 4.74 Å². The van der Waals surface area contributed by atoms with Crippen molar-refractivity contribution >= 4 is 17.7 Å². The third-order valence-corrected chi connectivity index (χ3v) is 5.74. The molecule has 0 atom stereocenters. The molecule has 0 saturated carbocycles. The maximum atomic E-state index is 9.35. The first kappa shape index (κ1) is 18.5. The number of hydrogen-bond acceptors (Lipinski definition) is 6. The van der Waals surface area contributed by atoms with Gasteiger partial charge in [0.05, 0.1) is 30.5 Å². The van der Waals surface area contributed by atoms with E-state index in [9.17, 15) is 5.26 Å². The lowest BCUT2D eigenvalue weighted by atomic mass is 10.1. The summed E-state index contributed by atoms with van der Waals surface area (Å²) in [5.74, 6) is 1.50. The van der Waals surface area contributed by atoms with E-state index in [1.807, 2.05) is 36.4 Å². The highest BCUT2D eigenvalue weighted by Gasteiger charge is 2.22. The molecule has 1 saturated heterocycles. The second kappa shape index (κ2) is 8.46. The molecule has 1 aromatic heterocycles. The number of benzene rings is 2. The highest BCUT2D eigenvalue weighted by atomic mass is 32.2. The molecule has 0 aliphatic carbocycles. The van der Waals surface area contributed by atoms with Gasteiger partial charge in [-0.25, -0.2) is 0 Å². The Hall–Kier alpha value is -2.82. The normalized spacial score (nSPS) is 14.1. The first-order chi connectivity index (χ1) is 13.8. The van der Waals surface area contributed by atoms with Crippen LogP contribution < -0.4 is 4.90 Å². The van der Waals surface area contributed by atoms with Gasteiger partial charge >= 0.3 is 0 Å². The van der Waals surface area contributed by atoms with Gasteiger partial charge in [-0.3, -0.25) is 4.57 Å². The predicted molar refractivity (Wildman–Crippen MR) is 110 cm³/mol. The van der Waals surface area contributed by atoms with Crippen molar-refractivity contribution in [3.05, 3.63) is 65.2 Å². The molecule has 4 rings (SSSR count). The molecule has 0 N–H and O–H groups in total. The molecule has 28 heavy (non-hydrogen) atoms. The Balaban J connectivity index is 1.70. The number of aryl methyl sites for hydroxylation is 1. The summed E-state index contributed by atoms with van der Waals surface area (Å²) in [6.45, 7) is 5.08. The van der Waals surface area contributed by atoms with E-state index in [-0.39, 0.29) is 0 Å². The van der Waals surface area contributed by atoms with Gasteiger partial charge in [-0.1, -0.05) is 48.2 Å². The number of thioether (sulfide) groups is 1. The van der Waals surface area contributed by atoms with Gasteiger partial charge in [0.1, 0.15) is 0 Å². The van der Waals surface area contributed by atoms with E-state index >= 15 is 0 Å².